The van der Waals surface area contributed by atoms with Crippen molar-refractivity contribution in [3.05, 3.63) is 47.6 Å². The Hall–Kier alpha value is -1.04. The molecule has 0 amide bonds. The van der Waals surface area contributed by atoms with Gasteiger partial charge in [0.2, 0.25) is 0 Å². The Kier molecular flexibility index (Phi) is 1.76. The minimum atomic E-state index is 1.17. The second-order valence-electron chi connectivity index (χ2n) is 3.06. The molecular formula is C11H12. The first kappa shape index (κ1) is 6.66. The van der Waals surface area contributed by atoms with Crippen LogP contribution in [-0.2, 0) is 0 Å². The van der Waals surface area contributed by atoms with E-state index in [1.165, 1.54) is 24.8 Å². The van der Waals surface area contributed by atoms with Crippen LogP contribution in [0.1, 0.15) is 19.3 Å². The molecule has 0 fully saturated rings. The molecule has 0 aromatic heterocycles. The van der Waals surface area contributed by atoms with Gasteiger partial charge in [0.1, 0.15) is 0 Å². The molecule has 0 nitrogen and oxygen atoms in total. The van der Waals surface area contributed by atoms with Crippen LogP contribution in [0.4, 0.5) is 0 Å². The van der Waals surface area contributed by atoms with Crippen LogP contribution in [0.25, 0.3) is 0 Å². The molecule has 2 bridgehead atoms. The Labute approximate surface area is 67.6 Å². The van der Waals surface area contributed by atoms with Crippen molar-refractivity contribution in [2.75, 3.05) is 0 Å². The Morgan fingerprint density at radius 1 is 1.09 bits per heavy atom. The van der Waals surface area contributed by atoms with E-state index >= 15 is 0 Å². The summed E-state index contributed by atoms with van der Waals surface area (Å²) in [7, 11) is 0. The van der Waals surface area contributed by atoms with Gasteiger partial charge in [-0.15, -0.1) is 0 Å². The maximum absolute atomic E-state index is 2.34. The van der Waals surface area contributed by atoms with Crippen molar-refractivity contribution >= 4 is 0 Å². The molecule has 0 saturated carbocycles. The van der Waals surface area contributed by atoms with Gasteiger partial charge in [0.15, 0.2) is 0 Å². The van der Waals surface area contributed by atoms with Crippen LogP contribution in [0.5, 0.6) is 0 Å². The molecule has 56 valence electrons. The van der Waals surface area contributed by atoms with E-state index in [1.807, 2.05) is 0 Å². The van der Waals surface area contributed by atoms with E-state index in [1.54, 1.807) is 5.57 Å². The lowest BCUT2D eigenvalue weighted by Gasteiger charge is -2.13. The molecular weight excluding hydrogens is 132 g/mol. The summed E-state index contributed by atoms with van der Waals surface area (Å²) in [5, 5.41) is 0. The van der Waals surface area contributed by atoms with Gasteiger partial charge >= 0.3 is 0 Å². The van der Waals surface area contributed by atoms with E-state index in [4.69, 9.17) is 0 Å². The van der Waals surface area contributed by atoms with E-state index in [2.05, 4.69) is 36.5 Å². The molecule has 2 rings (SSSR count). The van der Waals surface area contributed by atoms with Gasteiger partial charge in [0.05, 0.1) is 0 Å². The highest BCUT2D eigenvalue weighted by atomic mass is 14.1. The van der Waals surface area contributed by atoms with Crippen molar-refractivity contribution in [1.82, 2.24) is 0 Å². The SMILES string of the molecule is C1=CC=C2CCC=C(C=C1)C2. The maximum Gasteiger partial charge on any atom is -0.00670 e. The zero-order valence-corrected chi connectivity index (χ0v) is 6.59. The monoisotopic (exact) mass is 144 g/mol. The van der Waals surface area contributed by atoms with Gasteiger partial charge in [0.25, 0.3) is 0 Å². The van der Waals surface area contributed by atoms with Crippen molar-refractivity contribution in [1.29, 1.82) is 0 Å². The first-order chi connectivity index (χ1) is 5.45. The summed E-state index contributed by atoms with van der Waals surface area (Å²) in [6, 6.07) is 0. The lowest BCUT2D eigenvalue weighted by Crippen LogP contribution is -1.93. The van der Waals surface area contributed by atoms with Crippen LogP contribution in [0, 0.1) is 0 Å². The minimum Gasteiger partial charge on any atom is -0.0807 e. The quantitative estimate of drug-likeness (QED) is 0.490. The van der Waals surface area contributed by atoms with E-state index < -0.39 is 0 Å². The number of rotatable bonds is 0. The third kappa shape index (κ3) is 1.51. The standard InChI is InChI=1S/C11H12/c1-2-5-10-7-4-8-11(9-10)6-3-1/h1-3,5-7H,4,8-9H2. The van der Waals surface area contributed by atoms with Gasteiger partial charge < -0.3 is 0 Å². The molecule has 11 heavy (non-hydrogen) atoms. The molecule has 0 N–H and O–H groups in total. The average molecular weight is 144 g/mol. The zero-order chi connectivity index (χ0) is 7.52. The second-order valence-corrected chi connectivity index (χ2v) is 3.06. The van der Waals surface area contributed by atoms with Crippen molar-refractivity contribution in [3.8, 4) is 0 Å². The molecule has 0 radical (unpaired) electrons. The van der Waals surface area contributed by atoms with Crippen LogP contribution >= 0.6 is 0 Å². The number of hydrogen-bond acceptors (Lipinski definition) is 0. The highest BCUT2D eigenvalue weighted by molar-refractivity contribution is 5.35. The van der Waals surface area contributed by atoms with E-state index in [-0.39, 0.29) is 0 Å². The summed E-state index contributed by atoms with van der Waals surface area (Å²) < 4.78 is 0. The van der Waals surface area contributed by atoms with Crippen molar-refractivity contribution in [2.45, 2.75) is 19.3 Å². The van der Waals surface area contributed by atoms with Gasteiger partial charge in [-0.05, 0) is 24.8 Å². The Balaban J connectivity index is 2.35. The predicted molar refractivity (Wildman–Crippen MR) is 48.3 cm³/mol. The van der Waals surface area contributed by atoms with E-state index in [0.29, 0.717) is 0 Å². The van der Waals surface area contributed by atoms with Crippen LogP contribution in [0.2, 0.25) is 0 Å². The van der Waals surface area contributed by atoms with Crippen LogP contribution in [0.3, 0.4) is 0 Å². The van der Waals surface area contributed by atoms with E-state index in [0.717, 1.165) is 0 Å². The minimum absolute atomic E-state index is 1.17. The molecule has 0 unspecified atom stereocenters. The fourth-order valence-electron chi connectivity index (χ4n) is 1.57. The molecule has 2 aliphatic carbocycles. The highest BCUT2D eigenvalue weighted by Gasteiger charge is 2.05. The number of fused-ring (bicyclic) bond motifs is 2. The molecule has 0 aliphatic heterocycles. The zero-order valence-electron chi connectivity index (χ0n) is 6.59. The van der Waals surface area contributed by atoms with Crippen molar-refractivity contribution < 1.29 is 0 Å². The molecule has 0 heterocycles. The Bertz CT molecular complexity index is 259. The molecule has 0 saturated heterocycles. The third-order valence-corrected chi connectivity index (χ3v) is 2.17. The first-order valence-corrected chi connectivity index (χ1v) is 4.17. The summed E-state index contributed by atoms with van der Waals surface area (Å²) in [6.07, 6.45) is 16.8. The molecule has 0 aromatic carbocycles. The summed E-state index contributed by atoms with van der Waals surface area (Å²) in [5.74, 6) is 0. The second kappa shape index (κ2) is 2.91. The van der Waals surface area contributed by atoms with Gasteiger partial charge in [-0.2, -0.15) is 0 Å². The van der Waals surface area contributed by atoms with Gasteiger partial charge in [-0.1, -0.05) is 42.0 Å². The van der Waals surface area contributed by atoms with Gasteiger partial charge in [-0.25, -0.2) is 0 Å². The average Bonchev–Trinajstić information content (AvgIpc) is 2.02. The highest BCUT2D eigenvalue weighted by Crippen LogP contribution is 2.24. The third-order valence-electron chi connectivity index (χ3n) is 2.17. The maximum atomic E-state index is 2.34. The summed E-state index contributed by atoms with van der Waals surface area (Å²) in [5.41, 5.74) is 3.05. The number of hydrogen-bond donors (Lipinski definition) is 0. The van der Waals surface area contributed by atoms with Gasteiger partial charge in [0, 0.05) is 0 Å². The Morgan fingerprint density at radius 2 is 2.09 bits per heavy atom. The lowest BCUT2D eigenvalue weighted by molar-refractivity contribution is 0.876. The molecule has 0 heteroatoms. The topological polar surface area (TPSA) is 0 Å². The van der Waals surface area contributed by atoms with Crippen LogP contribution in [0.15, 0.2) is 47.6 Å². The van der Waals surface area contributed by atoms with Crippen molar-refractivity contribution in [2.24, 2.45) is 0 Å². The lowest BCUT2D eigenvalue weighted by atomic mass is 9.93. The predicted octanol–water partition coefficient (Wildman–Crippen LogP) is 3.15. The van der Waals surface area contributed by atoms with Crippen LogP contribution < -0.4 is 0 Å². The van der Waals surface area contributed by atoms with E-state index in [9.17, 15) is 0 Å². The fourth-order valence-corrected chi connectivity index (χ4v) is 1.57. The van der Waals surface area contributed by atoms with Gasteiger partial charge in [-0.3, -0.25) is 0 Å². The summed E-state index contributed by atoms with van der Waals surface area (Å²) in [4.78, 5) is 0. The first-order valence-electron chi connectivity index (χ1n) is 4.17. The van der Waals surface area contributed by atoms with Crippen LogP contribution in [-0.4, -0.2) is 0 Å². The molecule has 0 aromatic rings. The molecule has 0 spiro atoms. The number of allylic oxidation sites excluding steroid dienone is 8. The molecule has 0 atom stereocenters. The van der Waals surface area contributed by atoms with Crippen molar-refractivity contribution in [3.63, 3.8) is 0 Å². The smallest absolute Gasteiger partial charge is 0.00670 e. The summed E-state index contributed by atoms with van der Waals surface area (Å²) >= 11 is 0. The fraction of sp³-hybridized carbons (Fsp3) is 0.273. The molecule has 2 aliphatic rings. The Morgan fingerprint density at radius 3 is 3.09 bits per heavy atom. The summed E-state index contributed by atoms with van der Waals surface area (Å²) in [6.45, 7) is 0. The largest absolute Gasteiger partial charge is 0.0807 e. The normalized spacial score (nSPS) is 21.8.